The van der Waals surface area contributed by atoms with Gasteiger partial charge >= 0.3 is 0 Å². The summed E-state index contributed by atoms with van der Waals surface area (Å²) < 4.78 is 0. The number of benzene rings is 4. The molecule has 0 unspecified atom stereocenters. The van der Waals surface area contributed by atoms with Gasteiger partial charge in [-0.3, -0.25) is 0 Å². The van der Waals surface area contributed by atoms with Crippen molar-refractivity contribution in [2.75, 3.05) is 0 Å². The van der Waals surface area contributed by atoms with Gasteiger partial charge in [-0.2, -0.15) is 0 Å². The Balaban J connectivity index is 1.71. The lowest BCUT2D eigenvalue weighted by Gasteiger charge is -2.40. The molecule has 2 N–H and O–H groups in total. The monoisotopic (exact) mass is 420 g/mol. The summed E-state index contributed by atoms with van der Waals surface area (Å²) in [5.74, 6) is 0.648. The Morgan fingerprint density at radius 3 is 1.34 bits per heavy atom. The van der Waals surface area contributed by atoms with Gasteiger partial charge in [-0.25, -0.2) is 0 Å². The topological polar surface area (TPSA) is 40.5 Å². The van der Waals surface area contributed by atoms with Crippen LogP contribution in [-0.4, -0.2) is 10.2 Å². The second-order valence-electron chi connectivity index (χ2n) is 8.78. The molecule has 0 radical (unpaired) electrons. The fourth-order valence-corrected chi connectivity index (χ4v) is 5.40. The average Bonchev–Trinajstić information content (AvgIpc) is 2.86. The van der Waals surface area contributed by atoms with Crippen LogP contribution in [0.25, 0.3) is 22.3 Å². The van der Waals surface area contributed by atoms with E-state index in [1.54, 1.807) is 0 Å². The first-order valence-corrected chi connectivity index (χ1v) is 11.5. The first-order valence-electron chi connectivity index (χ1n) is 11.5. The highest BCUT2D eigenvalue weighted by molar-refractivity contribution is 5.76. The van der Waals surface area contributed by atoms with E-state index in [0.717, 1.165) is 59.1 Å². The highest BCUT2D eigenvalue weighted by Gasteiger charge is 2.40. The van der Waals surface area contributed by atoms with E-state index >= 15 is 0 Å². The summed E-state index contributed by atoms with van der Waals surface area (Å²) in [7, 11) is 0. The number of aromatic hydroxyl groups is 2. The van der Waals surface area contributed by atoms with Crippen LogP contribution >= 0.6 is 0 Å². The van der Waals surface area contributed by atoms with E-state index in [1.807, 2.05) is 97.1 Å². The molecule has 2 nitrogen and oxygen atoms in total. The highest BCUT2D eigenvalue weighted by atomic mass is 16.3. The largest absolute Gasteiger partial charge is 0.507 e. The van der Waals surface area contributed by atoms with Gasteiger partial charge in [0.1, 0.15) is 11.5 Å². The Labute approximate surface area is 189 Å². The van der Waals surface area contributed by atoms with Gasteiger partial charge in [-0.15, -0.1) is 0 Å². The average molecular weight is 421 g/mol. The van der Waals surface area contributed by atoms with Crippen molar-refractivity contribution >= 4 is 0 Å². The number of hydrogen-bond acceptors (Lipinski definition) is 2. The molecule has 1 aliphatic rings. The SMILES string of the molecule is Oc1c(-c2ccccc2)cccc1C1(c2cccc(-c3ccccc3)c2O)CCCCC1. The van der Waals surface area contributed by atoms with E-state index in [9.17, 15) is 10.2 Å². The van der Waals surface area contributed by atoms with E-state index in [1.165, 1.54) is 6.42 Å². The molecule has 4 aromatic carbocycles. The van der Waals surface area contributed by atoms with Crippen LogP contribution in [0.2, 0.25) is 0 Å². The Kier molecular flexibility index (Phi) is 5.45. The summed E-state index contributed by atoms with van der Waals surface area (Å²) in [6.07, 6.45) is 5.14. The highest BCUT2D eigenvalue weighted by Crippen LogP contribution is 2.53. The fourth-order valence-electron chi connectivity index (χ4n) is 5.40. The molecule has 0 heterocycles. The molecule has 0 atom stereocenters. The van der Waals surface area contributed by atoms with Crippen LogP contribution in [0.15, 0.2) is 97.1 Å². The summed E-state index contributed by atoms with van der Waals surface area (Å²) in [5.41, 5.74) is 5.10. The van der Waals surface area contributed by atoms with Gasteiger partial charge in [0, 0.05) is 27.7 Å². The van der Waals surface area contributed by atoms with Crippen LogP contribution in [-0.2, 0) is 5.41 Å². The van der Waals surface area contributed by atoms with Crippen molar-refractivity contribution < 1.29 is 10.2 Å². The number of rotatable bonds is 4. The fraction of sp³-hybridized carbons (Fsp3) is 0.200. The van der Waals surface area contributed by atoms with Crippen LogP contribution in [0.5, 0.6) is 11.5 Å². The second kappa shape index (κ2) is 8.55. The molecule has 2 heteroatoms. The van der Waals surface area contributed by atoms with Crippen molar-refractivity contribution in [3.63, 3.8) is 0 Å². The molecule has 0 aliphatic heterocycles. The molecule has 0 bridgehead atoms. The van der Waals surface area contributed by atoms with Gasteiger partial charge in [0.25, 0.3) is 0 Å². The van der Waals surface area contributed by atoms with Gasteiger partial charge in [-0.1, -0.05) is 116 Å². The maximum Gasteiger partial charge on any atom is 0.127 e. The van der Waals surface area contributed by atoms with Gasteiger partial charge in [0.15, 0.2) is 0 Å². The van der Waals surface area contributed by atoms with E-state index in [2.05, 4.69) is 0 Å². The molecule has 1 saturated carbocycles. The van der Waals surface area contributed by atoms with Crippen molar-refractivity contribution in [2.24, 2.45) is 0 Å². The maximum absolute atomic E-state index is 11.5. The standard InChI is InChI=1S/C30H28O2/c31-28-24(22-12-4-1-5-13-22)16-10-18-26(28)30(20-8-3-9-21-30)27-19-11-17-25(29(27)32)23-14-6-2-7-15-23/h1-2,4-7,10-19,31-32H,3,8-9,20-21H2. The Hall–Kier alpha value is -3.52. The Bertz CT molecular complexity index is 1120. The van der Waals surface area contributed by atoms with Crippen LogP contribution in [0.1, 0.15) is 43.2 Å². The predicted molar refractivity (Wildman–Crippen MR) is 131 cm³/mol. The molecule has 0 spiro atoms. The van der Waals surface area contributed by atoms with Gasteiger partial charge < -0.3 is 10.2 Å². The summed E-state index contributed by atoms with van der Waals surface area (Å²) in [4.78, 5) is 0. The Morgan fingerprint density at radius 2 is 0.906 bits per heavy atom. The van der Waals surface area contributed by atoms with Crippen LogP contribution in [0, 0.1) is 0 Å². The molecule has 5 rings (SSSR count). The van der Waals surface area contributed by atoms with Gasteiger partial charge in [0.2, 0.25) is 0 Å². The molecule has 0 aromatic heterocycles. The lowest BCUT2D eigenvalue weighted by molar-refractivity contribution is 0.322. The first-order chi connectivity index (χ1) is 15.7. The lowest BCUT2D eigenvalue weighted by atomic mass is 9.64. The number of para-hydroxylation sites is 2. The van der Waals surface area contributed by atoms with Crippen LogP contribution in [0.3, 0.4) is 0 Å². The molecule has 0 amide bonds. The van der Waals surface area contributed by atoms with E-state index in [0.29, 0.717) is 11.5 Å². The molecule has 1 fully saturated rings. The zero-order chi connectivity index (χ0) is 22.0. The third-order valence-corrected chi connectivity index (χ3v) is 6.98. The lowest BCUT2D eigenvalue weighted by Crippen LogP contribution is -2.31. The summed E-state index contributed by atoms with van der Waals surface area (Å²) in [6.45, 7) is 0. The molecular formula is C30H28O2. The maximum atomic E-state index is 11.5. The van der Waals surface area contributed by atoms with Crippen molar-refractivity contribution in [2.45, 2.75) is 37.5 Å². The first kappa shape index (κ1) is 20.4. The van der Waals surface area contributed by atoms with E-state index in [-0.39, 0.29) is 0 Å². The number of phenols is 2. The zero-order valence-electron chi connectivity index (χ0n) is 18.2. The van der Waals surface area contributed by atoms with E-state index < -0.39 is 5.41 Å². The van der Waals surface area contributed by atoms with Gasteiger partial charge in [-0.05, 0) is 24.0 Å². The summed E-state index contributed by atoms with van der Waals surface area (Å²) in [6, 6.07) is 32.2. The van der Waals surface area contributed by atoms with E-state index in [4.69, 9.17) is 0 Å². The van der Waals surface area contributed by atoms with Crippen molar-refractivity contribution in [3.8, 4) is 33.8 Å². The predicted octanol–water partition coefficient (Wildman–Crippen LogP) is 7.68. The minimum Gasteiger partial charge on any atom is -0.507 e. The zero-order valence-corrected chi connectivity index (χ0v) is 18.2. The van der Waals surface area contributed by atoms with Crippen LogP contribution < -0.4 is 0 Å². The molecule has 1 aliphatic carbocycles. The third-order valence-electron chi connectivity index (χ3n) is 6.98. The quantitative estimate of drug-likeness (QED) is 0.355. The van der Waals surface area contributed by atoms with Crippen molar-refractivity contribution in [1.82, 2.24) is 0 Å². The van der Waals surface area contributed by atoms with Crippen molar-refractivity contribution in [1.29, 1.82) is 0 Å². The molecular weight excluding hydrogens is 392 g/mol. The van der Waals surface area contributed by atoms with Crippen molar-refractivity contribution in [3.05, 3.63) is 108 Å². The van der Waals surface area contributed by atoms with Gasteiger partial charge in [0.05, 0.1) is 0 Å². The Morgan fingerprint density at radius 1 is 0.469 bits per heavy atom. The summed E-state index contributed by atoms with van der Waals surface area (Å²) in [5, 5.41) is 23.0. The minimum atomic E-state index is -0.415. The number of phenolic OH excluding ortho intramolecular Hbond substituents is 2. The molecule has 0 saturated heterocycles. The molecule has 32 heavy (non-hydrogen) atoms. The second-order valence-corrected chi connectivity index (χ2v) is 8.78. The third kappa shape index (κ3) is 3.46. The molecule has 4 aromatic rings. The number of hydrogen-bond donors (Lipinski definition) is 2. The van der Waals surface area contributed by atoms with Crippen LogP contribution in [0.4, 0.5) is 0 Å². The molecule has 160 valence electrons. The minimum absolute atomic E-state index is 0.324. The smallest absolute Gasteiger partial charge is 0.127 e. The normalized spacial score (nSPS) is 15.4. The summed E-state index contributed by atoms with van der Waals surface area (Å²) >= 11 is 0.